The minimum Gasteiger partial charge on any atom is -0.334 e. The number of hydrogen-bond donors (Lipinski definition) is 0. The van der Waals surface area contributed by atoms with Gasteiger partial charge in [0.1, 0.15) is 11.6 Å². The molecule has 0 unspecified atom stereocenters. The van der Waals surface area contributed by atoms with Gasteiger partial charge in [0.25, 0.3) is 5.91 Å². The van der Waals surface area contributed by atoms with E-state index in [1.54, 1.807) is 11.0 Å². The lowest BCUT2D eigenvalue weighted by atomic mass is 9.95. The van der Waals surface area contributed by atoms with Gasteiger partial charge in [0, 0.05) is 24.2 Å². The van der Waals surface area contributed by atoms with Crippen LogP contribution in [-0.4, -0.2) is 47.7 Å². The molecule has 0 atom stereocenters. The molecule has 29 heavy (non-hydrogen) atoms. The van der Waals surface area contributed by atoms with E-state index in [2.05, 4.69) is 4.90 Å². The van der Waals surface area contributed by atoms with Crippen molar-refractivity contribution < 1.29 is 18.4 Å². The lowest BCUT2D eigenvalue weighted by Crippen LogP contribution is -2.40. The molecule has 0 aromatic heterocycles. The van der Waals surface area contributed by atoms with Gasteiger partial charge in [-0.1, -0.05) is 0 Å². The Balaban J connectivity index is 0.00000240. The summed E-state index contributed by atoms with van der Waals surface area (Å²) < 4.78 is 26.4. The Kier molecular flexibility index (Phi) is 6.65. The van der Waals surface area contributed by atoms with Gasteiger partial charge < -0.3 is 4.90 Å². The minimum absolute atomic E-state index is 0. The van der Waals surface area contributed by atoms with Crippen molar-refractivity contribution in [2.24, 2.45) is 5.92 Å². The van der Waals surface area contributed by atoms with E-state index in [1.165, 1.54) is 36.4 Å². The van der Waals surface area contributed by atoms with E-state index in [0.717, 1.165) is 31.5 Å². The van der Waals surface area contributed by atoms with E-state index < -0.39 is 0 Å². The van der Waals surface area contributed by atoms with Gasteiger partial charge in [-0.05, 0) is 79.9 Å². The Morgan fingerprint density at radius 3 is 2.34 bits per heavy atom. The molecular weight excluding hydrogens is 398 g/mol. The predicted molar refractivity (Wildman–Crippen MR) is 108 cm³/mol. The standard InChI is InChI=1S/C22H22F2N2O2.ClH/c23-18-3-1-16(2-4-18)21(27)14-25-9-7-15(8-10-25)12-26-13-17-11-19(24)5-6-20(17)22(26)28;/h1-6,11,15H,7-10,12-14H2;1H. The molecule has 0 spiro atoms. The van der Waals surface area contributed by atoms with Crippen LogP contribution in [0, 0.1) is 17.6 Å². The molecule has 7 heteroatoms. The largest absolute Gasteiger partial charge is 0.334 e. The van der Waals surface area contributed by atoms with Crippen molar-refractivity contribution in [3.8, 4) is 0 Å². The maximum atomic E-state index is 13.4. The molecule has 0 N–H and O–H groups in total. The van der Waals surface area contributed by atoms with Gasteiger partial charge in [-0.2, -0.15) is 0 Å². The molecule has 1 fully saturated rings. The normalized spacial score (nSPS) is 17.2. The Morgan fingerprint density at radius 1 is 1.00 bits per heavy atom. The summed E-state index contributed by atoms with van der Waals surface area (Å²) in [4.78, 5) is 28.7. The Labute approximate surface area is 174 Å². The number of piperidine rings is 1. The molecular formula is C22H23ClF2N2O2. The molecule has 4 nitrogen and oxygen atoms in total. The van der Waals surface area contributed by atoms with Crippen LogP contribution in [0.3, 0.4) is 0 Å². The van der Waals surface area contributed by atoms with Crippen LogP contribution in [0.25, 0.3) is 0 Å². The van der Waals surface area contributed by atoms with Gasteiger partial charge >= 0.3 is 0 Å². The number of halogens is 3. The van der Waals surface area contributed by atoms with Crippen molar-refractivity contribution in [1.29, 1.82) is 0 Å². The number of carbonyl (C=O) groups excluding carboxylic acids is 2. The molecule has 154 valence electrons. The average Bonchev–Trinajstić information content (AvgIpc) is 2.98. The van der Waals surface area contributed by atoms with E-state index in [1.807, 2.05) is 0 Å². The van der Waals surface area contributed by atoms with Gasteiger partial charge in [-0.15, -0.1) is 12.4 Å². The van der Waals surface area contributed by atoms with Crippen LogP contribution < -0.4 is 0 Å². The lowest BCUT2D eigenvalue weighted by molar-refractivity contribution is 0.0707. The summed E-state index contributed by atoms with van der Waals surface area (Å²) in [7, 11) is 0. The highest BCUT2D eigenvalue weighted by molar-refractivity contribution is 5.98. The van der Waals surface area contributed by atoms with Crippen molar-refractivity contribution in [3.05, 3.63) is 70.8 Å². The zero-order chi connectivity index (χ0) is 19.7. The van der Waals surface area contributed by atoms with Crippen LogP contribution in [0.15, 0.2) is 42.5 Å². The Hall–Kier alpha value is -2.31. The molecule has 2 aliphatic rings. The second-order valence-corrected chi connectivity index (χ2v) is 7.64. The highest BCUT2D eigenvalue weighted by Gasteiger charge is 2.31. The summed E-state index contributed by atoms with van der Waals surface area (Å²) in [5.41, 5.74) is 1.88. The van der Waals surface area contributed by atoms with Gasteiger partial charge in [-0.3, -0.25) is 14.5 Å². The second kappa shape index (κ2) is 9.01. The third-order valence-electron chi connectivity index (χ3n) is 5.67. The van der Waals surface area contributed by atoms with Crippen molar-refractivity contribution in [2.75, 3.05) is 26.2 Å². The summed E-state index contributed by atoms with van der Waals surface area (Å²) in [6.07, 6.45) is 1.82. The number of Topliss-reactive ketones (excluding diaryl/α,β-unsaturated/α-hetero) is 1. The van der Waals surface area contributed by atoms with Crippen LogP contribution in [0.4, 0.5) is 8.78 Å². The third kappa shape index (κ3) is 4.82. The fraction of sp³-hybridized carbons (Fsp3) is 0.364. The van der Waals surface area contributed by atoms with Gasteiger partial charge in [0.05, 0.1) is 6.54 Å². The first-order valence-corrected chi connectivity index (χ1v) is 9.58. The quantitative estimate of drug-likeness (QED) is 0.688. The molecule has 2 aliphatic heterocycles. The zero-order valence-corrected chi connectivity index (χ0v) is 16.8. The molecule has 1 amide bonds. The number of hydrogen-bond acceptors (Lipinski definition) is 3. The summed E-state index contributed by atoms with van der Waals surface area (Å²) >= 11 is 0. The third-order valence-corrected chi connectivity index (χ3v) is 5.67. The molecule has 2 aromatic carbocycles. The minimum atomic E-state index is -0.348. The SMILES string of the molecule is Cl.O=C(CN1CCC(CN2Cc3cc(F)ccc3C2=O)CC1)c1ccc(F)cc1. The molecule has 0 saturated carbocycles. The molecule has 2 aromatic rings. The monoisotopic (exact) mass is 420 g/mol. The summed E-state index contributed by atoms with van der Waals surface area (Å²) in [6, 6.07) is 9.98. The average molecular weight is 421 g/mol. The van der Waals surface area contributed by atoms with Gasteiger partial charge in [0.2, 0.25) is 0 Å². The number of benzene rings is 2. The van der Waals surface area contributed by atoms with E-state index >= 15 is 0 Å². The number of carbonyl (C=O) groups is 2. The first-order chi connectivity index (χ1) is 13.5. The number of rotatable bonds is 5. The summed E-state index contributed by atoms with van der Waals surface area (Å²) in [5, 5.41) is 0. The fourth-order valence-electron chi connectivity index (χ4n) is 4.07. The highest BCUT2D eigenvalue weighted by atomic mass is 35.5. The maximum absolute atomic E-state index is 13.4. The van der Waals surface area contributed by atoms with Gasteiger partial charge in [0.15, 0.2) is 5.78 Å². The molecule has 0 bridgehead atoms. The zero-order valence-electron chi connectivity index (χ0n) is 15.9. The summed E-state index contributed by atoms with van der Waals surface area (Å²) in [6.45, 7) is 3.04. The topological polar surface area (TPSA) is 40.6 Å². The first kappa shape index (κ1) is 21.4. The number of amides is 1. The van der Waals surface area contributed by atoms with Crippen molar-refractivity contribution in [3.63, 3.8) is 0 Å². The highest BCUT2D eigenvalue weighted by Crippen LogP contribution is 2.27. The Bertz CT molecular complexity index is 896. The molecule has 0 radical (unpaired) electrons. The van der Waals surface area contributed by atoms with Crippen LogP contribution in [-0.2, 0) is 6.54 Å². The van der Waals surface area contributed by atoms with Crippen LogP contribution in [0.1, 0.15) is 39.1 Å². The fourth-order valence-corrected chi connectivity index (χ4v) is 4.07. The number of likely N-dealkylation sites (tertiary alicyclic amines) is 1. The number of ketones is 1. The summed E-state index contributed by atoms with van der Waals surface area (Å²) in [5.74, 6) is -0.318. The molecule has 1 saturated heterocycles. The predicted octanol–water partition coefficient (Wildman–Crippen LogP) is 3.94. The van der Waals surface area contributed by atoms with Crippen molar-refractivity contribution >= 4 is 24.1 Å². The van der Waals surface area contributed by atoms with Crippen molar-refractivity contribution in [1.82, 2.24) is 9.80 Å². The first-order valence-electron chi connectivity index (χ1n) is 9.58. The van der Waals surface area contributed by atoms with Crippen molar-refractivity contribution in [2.45, 2.75) is 19.4 Å². The van der Waals surface area contributed by atoms with Gasteiger partial charge in [-0.25, -0.2) is 8.78 Å². The van der Waals surface area contributed by atoms with E-state index in [0.29, 0.717) is 36.7 Å². The van der Waals surface area contributed by atoms with Crippen LogP contribution >= 0.6 is 12.4 Å². The molecule has 2 heterocycles. The van der Waals surface area contributed by atoms with Crippen LogP contribution in [0.2, 0.25) is 0 Å². The van der Waals surface area contributed by atoms with E-state index in [-0.39, 0.29) is 35.7 Å². The molecule has 4 rings (SSSR count). The van der Waals surface area contributed by atoms with Crippen LogP contribution in [0.5, 0.6) is 0 Å². The van der Waals surface area contributed by atoms with E-state index in [9.17, 15) is 18.4 Å². The number of nitrogens with zero attached hydrogens (tertiary/aromatic N) is 2. The maximum Gasteiger partial charge on any atom is 0.254 e. The molecule has 0 aliphatic carbocycles. The lowest BCUT2D eigenvalue weighted by Gasteiger charge is -2.33. The Morgan fingerprint density at radius 2 is 1.66 bits per heavy atom. The van der Waals surface area contributed by atoms with E-state index in [4.69, 9.17) is 0 Å². The second-order valence-electron chi connectivity index (χ2n) is 7.64. The number of fused-ring (bicyclic) bond motifs is 1. The smallest absolute Gasteiger partial charge is 0.254 e.